The van der Waals surface area contributed by atoms with E-state index in [4.69, 9.17) is 5.11 Å². The van der Waals surface area contributed by atoms with Crippen molar-refractivity contribution < 1.29 is 14.7 Å². The lowest BCUT2D eigenvalue weighted by Gasteiger charge is -2.14. The fourth-order valence-corrected chi connectivity index (χ4v) is 2.39. The van der Waals surface area contributed by atoms with Crippen molar-refractivity contribution in [3.8, 4) is 11.3 Å². The van der Waals surface area contributed by atoms with E-state index < -0.39 is 0 Å². The Morgan fingerprint density at radius 3 is 2.48 bits per heavy atom. The fourth-order valence-electron chi connectivity index (χ4n) is 2.39. The number of nitrogens with zero attached hydrogens (tertiary/aromatic N) is 1. The van der Waals surface area contributed by atoms with Gasteiger partial charge in [0, 0.05) is 35.0 Å². The number of aliphatic hydroxyl groups excluding tert-OH is 1. The average Bonchev–Trinajstić information content (AvgIpc) is 2.66. The van der Waals surface area contributed by atoms with Crippen LogP contribution in [0.2, 0.25) is 0 Å². The Hall–Kier alpha value is -2.73. The number of aryl methyl sites for hydroxylation is 1. The summed E-state index contributed by atoms with van der Waals surface area (Å²) in [4.78, 5) is 28.9. The molecule has 6 nitrogen and oxygen atoms in total. The number of ketones is 1. The molecule has 0 saturated carbocycles. The van der Waals surface area contributed by atoms with Gasteiger partial charge in [-0.3, -0.25) is 14.6 Å². The fraction of sp³-hybridized carbons (Fsp3) is 0.381. The minimum Gasteiger partial charge on any atom is -0.394 e. The van der Waals surface area contributed by atoms with Gasteiger partial charge in [-0.05, 0) is 43.7 Å². The molecule has 1 heterocycles. The standard InChI is InChI=1S/C21H27N3O3/c1-13(2)20(26)11-22-18-8-16(19-6-5-14(3)10-23-19)7-17(9-18)21(27)24-15(4)12-25/h5-10,13,15,22,25H,11-12H2,1-4H3,(H,24,27)/t15-/m0/s1. The first-order chi connectivity index (χ1) is 12.8. The van der Waals surface area contributed by atoms with Gasteiger partial charge in [0.05, 0.1) is 18.8 Å². The lowest BCUT2D eigenvalue weighted by molar-refractivity contribution is -0.120. The van der Waals surface area contributed by atoms with Crippen LogP contribution < -0.4 is 10.6 Å². The summed E-state index contributed by atoms with van der Waals surface area (Å²) in [7, 11) is 0. The zero-order valence-electron chi connectivity index (χ0n) is 16.2. The Morgan fingerprint density at radius 2 is 1.89 bits per heavy atom. The van der Waals surface area contributed by atoms with Crippen LogP contribution in [0.5, 0.6) is 0 Å². The van der Waals surface area contributed by atoms with Crippen molar-refractivity contribution in [3.63, 3.8) is 0 Å². The number of anilines is 1. The lowest BCUT2D eigenvalue weighted by Crippen LogP contribution is -2.35. The number of pyridine rings is 1. The second-order valence-corrected chi connectivity index (χ2v) is 7.05. The van der Waals surface area contributed by atoms with Crippen LogP contribution >= 0.6 is 0 Å². The van der Waals surface area contributed by atoms with E-state index in [-0.39, 0.29) is 36.8 Å². The van der Waals surface area contributed by atoms with Crippen LogP contribution in [0, 0.1) is 12.8 Å². The Bertz CT molecular complexity index is 801. The van der Waals surface area contributed by atoms with E-state index in [1.54, 1.807) is 25.3 Å². The molecule has 6 heteroatoms. The number of aromatic nitrogens is 1. The topological polar surface area (TPSA) is 91.3 Å². The smallest absolute Gasteiger partial charge is 0.251 e. The maximum Gasteiger partial charge on any atom is 0.251 e. The number of Topliss-reactive ketones (excluding diaryl/α,β-unsaturated/α-hetero) is 1. The summed E-state index contributed by atoms with van der Waals surface area (Å²) in [6.07, 6.45) is 1.77. The number of benzene rings is 1. The summed E-state index contributed by atoms with van der Waals surface area (Å²) < 4.78 is 0. The van der Waals surface area contributed by atoms with Gasteiger partial charge in [0.15, 0.2) is 5.78 Å². The maximum absolute atomic E-state index is 12.5. The van der Waals surface area contributed by atoms with Gasteiger partial charge in [0.25, 0.3) is 5.91 Å². The normalized spacial score (nSPS) is 11.9. The number of rotatable bonds is 8. The molecule has 0 fully saturated rings. The highest BCUT2D eigenvalue weighted by atomic mass is 16.3. The minimum absolute atomic E-state index is 0.0624. The maximum atomic E-state index is 12.5. The Labute approximate surface area is 160 Å². The number of aliphatic hydroxyl groups is 1. The highest BCUT2D eigenvalue weighted by molar-refractivity contribution is 5.97. The quantitative estimate of drug-likeness (QED) is 0.665. The SMILES string of the molecule is Cc1ccc(-c2cc(NCC(=O)C(C)C)cc(C(=O)N[C@@H](C)CO)c2)nc1. The highest BCUT2D eigenvalue weighted by Gasteiger charge is 2.14. The molecule has 0 spiro atoms. The predicted octanol–water partition coefficient (Wildman–Crippen LogP) is 2.80. The summed E-state index contributed by atoms with van der Waals surface area (Å²) in [5, 5.41) is 15.0. The van der Waals surface area contributed by atoms with Gasteiger partial charge in [-0.2, -0.15) is 0 Å². The molecule has 1 amide bonds. The molecule has 0 radical (unpaired) electrons. The lowest BCUT2D eigenvalue weighted by atomic mass is 10.0. The number of carbonyl (C=O) groups excluding carboxylic acids is 2. The first-order valence-electron chi connectivity index (χ1n) is 9.06. The molecule has 144 valence electrons. The molecule has 27 heavy (non-hydrogen) atoms. The van der Waals surface area contributed by atoms with Crippen LogP contribution in [-0.4, -0.2) is 41.0 Å². The first-order valence-corrected chi connectivity index (χ1v) is 9.06. The molecule has 0 unspecified atom stereocenters. The molecule has 2 aromatic rings. The molecule has 0 aliphatic heterocycles. The van der Waals surface area contributed by atoms with Crippen molar-refractivity contribution in [1.82, 2.24) is 10.3 Å². The van der Waals surface area contributed by atoms with Crippen molar-refractivity contribution >= 4 is 17.4 Å². The molecule has 1 aromatic carbocycles. The van der Waals surface area contributed by atoms with Crippen LogP contribution in [0.25, 0.3) is 11.3 Å². The van der Waals surface area contributed by atoms with Crippen molar-refractivity contribution in [2.75, 3.05) is 18.5 Å². The van der Waals surface area contributed by atoms with Crippen LogP contribution in [0.1, 0.15) is 36.7 Å². The second-order valence-electron chi connectivity index (χ2n) is 7.05. The van der Waals surface area contributed by atoms with Crippen molar-refractivity contribution in [2.45, 2.75) is 33.7 Å². The molecule has 1 atom stereocenters. The summed E-state index contributed by atoms with van der Waals surface area (Å²) >= 11 is 0. The van der Waals surface area contributed by atoms with Crippen molar-refractivity contribution in [1.29, 1.82) is 0 Å². The van der Waals surface area contributed by atoms with E-state index in [0.717, 1.165) is 16.8 Å². The summed E-state index contributed by atoms with van der Waals surface area (Å²) in [5.74, 6) is -0.259. The van der Waals surface area contributed by atoms with Crippen LogP contribution in [0.15, 0.2) is 36.5 Å². The van der Waals surface area contributed by atoms with E-state index in [9.17, 15) is 9.59 Å². The summed E-state index contributed by atoms with van der Waals surface area (Å²) in [6, 6.07) is 8.83. The van der Waals surface area contributed by atoms with Crippen molar-refractivity contribution in [3.05, 3.63) is 47.7 Å². The van der Waals surface area contributed by atoms with Crippen LogP contribution in [0.4, 0.5) is 5.69 Å². The molecule has 0 aliphatic carbocycles. The molecule has 1 aromatic heterocycles. The third kappa shape index (κ3) is 5.89. The van der Waals surface area contributed by atoms with E-state index in [1.165, 1.54) is 0 Å². The second kappa shape index (κ2) is 9.28. The Kier molecular flexibility index (Phi) is 7.07. The molecular formula is C21H27N3O3. The van der Waals surface area contributed by atoms with Crippen molar-refractivity contribution in [2.24, 2.45) is 5.92 Å². The summed E-state index contributed by atoms with van der Waals surface area (Å²) in [6.45, 7) is 7.44. The first kappa shape index (κ1) is 20.6. The Morgan fingerprint density at radius 1 is 1.15 bits per heavy atom. The van der Waals surface area contributed by atoms with E-state index in [2.05, 4.69) is 15.6 Å². The minimum atomic E-state index is -0.349. The third-order valence-corrected chi connectivity index (χ3v) is 4.16. The van der Waals surface area contributed by atoms with Gasteiger partial charge in [-0.15, -0.1) is 0 Å². The summed E-state index contributed by atoms with van der Waals surface area (Å²) in [5.41, 5.74) is 3.67. The van der Waals surface area contributed by atoms with Gasteiger partial charge in [0.1, 0.15) is 0 Å². The number of hydrogen-bond acceptors (Lipinski definition) is 5. The molecule has 3 N–H and O–H groups in total. The number of nitrogens with one attached hydrogen (secondary N) is 2. The van der Waals surface area contributed by atoms with Crippen LogP contribution in [0.3, 0.4) is 0 Å². The highest BCUT2D eigenvalue weighted by Crippen LogP contribution is 2.24. The predicted molar refractivity (Wildman–Crippen MR) is 107 cm³/mol. The van der Waals surface area contributed by atoms with Gasteiger partial charge in [0.2, 0.25) is 0 Å². The average molecular weight is 369 g/mol. The molecule has 0 bridgehead atoms. The molecular weight excluding hydrogens is 342 g/mol. The zero-order chi connectivity index (χ0) is 20.0. The Balaban J connectivity index is 2.35. The molecule has 0 saturated heterocycles. The van der Waals surface area contributed by atoms with Gasteiger partial charge in [-0.25, -0.2) is 0 Å². The van der Waals surface area contributed by atoms with Gasteiger partial charge >= 0.3 is 0 Å². The largest absolute Gasteiger partial charge is 0.394 e. The number of hydrogen-bond donors (Lipinski definition) is 3. The molecule has 0 aliphatic rings. The van der Waals surface area contributed by atoms with Gasteiger partial charge in [-0.1, -0.05) is 19.9 Å². The monoisotopic (exact) mass is 369 g/mol. The number of carbonyl (C=O) groups is 2. The number of amides is 1. The van der Waals surface area contributed by atoms with E-state index in [1.807, 2.05) is 39.0 Å². The zero-order valence-corrected chi connectivity index (χ0v) is 16.2. The van der Waals surface area contributed by atoms with Gasteiger partial charge < -0.3 is 15.7 Å². The van der Waals surface area contributed by atoms with E-state index in [0.29, 0.717) is 11.3 Å². The van der Waals surface area contributed by atoms with E-state index >= 15 is 0 Å². The van der Waals surface area contributed by atoms with Crippen LogP contribution in [-0.2, 0) is 4.79 Å². The third-order valence-electron chi connectivity index (χ3n) is 4.16. The molecule has 2 rings (SSSR count).